The van der Waals surface area contributed by atoms with Crippen LogP contribution < -0.4 is 0 Å². The standard InChI is InChI=1S/C4H7O3P/c1-2-3-4-7-8(5)6/h2-3H,4H2,1H3/p+1. The van der Waals surface area contributed by atoms with Crippen molar-refractivity contribution in [2.45, 2.75) is 6.92 Å². The molecule has 1 atom stereocenters. The first-order valence-corrected chi connectivity index (χ1v) is 3.30. The maximum absolute atomic E-state index is 9.77. The van der Waals surface area contributed by atoms with Crippen molar-refractivity contribution >= 4 is 8.25 Å². The summed E-state index contributed by atoms with van der Waals surface area (Å²) < 4.78 is 14.0. The summed E-state index contributed by atoms with van der Waals surface area (Å²) in [5, 5.41) is 0. The van der Waals surface area contributed by atoms with Crippen molar-refractivity contribution < 1.29 is 14.0 Å². The molecule has 0 saturated carbocycles. The van der Waals surface area contributed by atoms with E-state index in [0.29, 0.717) is 0 Å². The number of rotatable bonds is 3. The molecule has 46 valence electrons. The van der Waals surface area contributed by atoms with Crippen LogP contribution in [0.1, 0.15) is 6.92 Å². The van der Waals surface area contributed by atoms with Gasteiger partial charge in [0.2, 0.25) is 0 Å². The molecule has 0 aliphatic rings. The lowest BCUT2D eigenvalue weighted by Gasteiger charge is -1.74. The van der Waals surface area contributed by atoms with Crippen molar-refractivity contribution in [2.75, 3.05) is 6.61 Å². The van der Waals surface area contributed by atoms with Gasteiger partial charge in [0.1, 0.15) is 6.61 Å². The smallest absolute Gasteiger partial charge is 0.133 e. The Kier molecular flexibility index (Phi) is 4.76. The third-order valence-electron chi connectivity index (χ3n) is 0.517. The second kappa shape index (κ2) is 4.91. The van der Waals surface area contributed by atoms with Crippen LogP contribution in [0.3, 0.4) is 0 Å². The van der Waals surface area contributed by atoms with Crippen LogP contribution in [-0.2, 0) is 9.09 Å². The molecule has 0 bridgehead atoms. The fraction of sp³-hybridized carbons (Fsp3) is 0.500. The van der Waals surface area contributed by atoms with Crippen LogP contribution in [-0.4, -0.2) is 11.5 Å². The molecule has 0 aromatic carbocycles. The Labute approximate surface area is 48.9 Å². The maximum atomic E-state index is 9.77. The van der Waals surface area contributed by atoms with Gasteiger partial charge in [-0.1, -0.05) is 12.2 Å². The van der Waals surface area contributed by atoms with E-state index in [9.17, 15) is 4.57 Å². The summed E-state index contributed by atoms with van der Waals surface area (Å²) in [5.41, 5.74) is 0. The van der Waals surface area contributed by atoms with Gasteiger partial charge in [-0.25, -0.2) is 0 Å². The molecular formula is C4H8O3P+. The molecule has 0 heterocycles. The van der Waals surface area contributed by atoms with Crippen molar-refractivity contribution in [2.24, 2.45) is 0 Å². The van der Waals surface area contributed by atoms with Gasteiger partial charge in [0.25, 0.3) is 0 Å². The van der Waals surface area contributed by atoms with E-state index in [2.05, 4.69) is 4.52 Å². The van der Waals surface area contributed by atoms with E-state index in [4.69, 9.17) is 4.89 Å². The first kappa shape index (κ1) is 7.76. The molecule has 4 heteroatoms. The second-order valence-electron chi connectivity index (χ2n) is 1.10. The van der Waals surface area contributed by atoms with Crippen LogP contribution in [0.5, 0.6) is 0 Å². The van der Waals surface area contributed by atoms with Crippen LogP contribution in [0.4, 0.5) is 0 Å². The van der Waals surface area contributed by atoms with Crippen molar-refractivity contribution in [1.82, 2.24) is 0 Å². The SMILES string of the molecule is CC=CCO[P+](=O)O. The minimum Gasteiger partial charge on any atom is -0.133 e. The summed E-state index contributed by atoms with van der Waals surface area (Å²) in [6.07, 6.45) is 3.41. The van der Waals surface area contributed by atoms with Crippen molar-refractivity contribution in [1.29, 1.82) is 0 Å². The number of hydrogen-bond acceptors (Lipinski definition) is 2. The van der Waals surface area contributed by atoms with Crippen LogP contribution in [0.25, 0.3) is 0 Å². The Morgan fingerprint density at radius 3 is 2.88 bits per heavy atom. The van der Waals surface area contributed by atoms with Gasteiger partial charge in [-0.05, 0) is 6.92 Å². The third kappa shape index (κ3) is 5.76. The van der Waals surface area contributed by atoms with Crippen LogP contribution >= 0.6 is 8.25 Å². The average Bonchev–Trinajstić information content (AvgIpc) is 1.66. The van der Waals surface area contributed by atoms with Gasteiger partial charge in [0.05, 0.1) is 0 Å². The van der Waals surface area contributed by atoms with Crippen molar-refractivity contribution in [3.8, 4) is 0 Å². The Hall–Kier alpha value is -0.240. The summed E-state index contributed by atoms with van der Waals surface area (Å²) in [6.45, 7) is 2.02. The van der Waals surface area contributed by atoms with Crippen molar-refractivity contribution in [3.63, 3.8) is 0 Å². The zero-order valence-electron chi connectivity index (χ0n) is 4.57. The van der Waals surface area contributed by atoms with Crippen LogP contribution in [0.15, 0.2) is 12.2 Å². The highest BCUT2D eigenvalue weighted by molar-refractivity contribution is 7.32. The molecule has 0 fully saturated rings. The van der Waals surface area contributed by atoms with E-state index in [1.807, 2.05) is 6.92 Å². The first-order valence-electron chi connectivity index (χ1n) is 2.17. The zero-order valence-corrected chi connectivity index (χ0v) is 5.47. The van der Waals surface area contributed by atoms with Gasteiger partial charge in [-0.15, -0.1) is 9.42 Å². The van der Waals surface area contributed by atoms with Gasteiger partial charge in [0.15, 0.2) is 0 Å². The molecule has 0 aliphatic carbocycles. The first-order chi connectivity index (χ1) is 3.77. The van der Waals surface area contributed by atoms with Crippen molar-refractivity contribution in [3.05, 3.63) is 12.2 Å². The van der Waals surface area contributed by atoms with Crippen LogP contribution in [0.2, 0.25) is 0 Å². The van der Waals surface area contributed by atoms with Gasteiger partial charge in [-0.2, -0.15) is 0 Å². The van der Waals surface area contributed by atoms with Gasteiger partial charge >= 0.3 is 8.25 Å². The topological polar surface area (TPSA) is 46.5 Å². The van der Waals surface area contributed by atoms with Gasteiger partial charge in [-0.3, -0.25) is 0 Å². The summed E-state index contributed by atoms with van der Waals surface area (Å²) in [6, 6.07) is 0. The summed E-state index contributed by atoms with van der Waals surface area (Å²) in [4.78, 5) is 8.03. The molecule has 1 unspecified atom stereocenters. The molecule has 0 aliphatic heterocycles. The van der Waals surface area contributed by atoms with Crippen LogP contribution in [0, 0.1) is 0 Å². The third-order valence-corrected chi connectivity index (χ3v) is 0.887. The minimum absolute atomic E-state index is 0.211. The van der Waals surface area contributed by atoms with E-state index in [1.165, 1.54) is 0 Å². The monoisotopic (exact) mass is 135 g/mol. The quantitative estimate of drug-likeness (QED) is 0.467. The molecule has 0 radical (unpaired) electrons. The Morgan fingerprint density at radius 1 is 1.88 bits per heavy atom. The molecule has 0 spiro atoms. The fourth-order valence-corrected chi connectivity index (χ4v) is 0.417. The van der Waals surface area contributed by atoms with Gasteiger partial charge in [0, 0.05) is 4.57 Å². The largest absolute Gasteiger partial charge is 0.695 e. The Morgan fingerprint density at radius 2 is 2.50 bits per heavy atom. The Bertz CT molecular complexity index is 99.5. The summed E-state index contributed by atoms with van der Waals surface area (Å²) in [7, 11) is -2.41. The zero-order chi connectivity index (χ0) is 6.41. The molecule has 0 saturated heterocycles. The second-order valence-corrected chi connectivity index (χ2v) is 1.84. The normalized spacial score (nSPS) is 12.5. The fourth-order valence-electron chi connectivity index (χ4n) is 0.203. The van der Waals surface area contributed by atoms with E-state index < -0.39 is 8.25 Å². The molecule has 0 aromatic rings. The summed E-state index contributed by atoms with van der Waals surface area (Å²) >= 11 is 0. The molecule has 1 N–H and O–H groups in total. The van der Waals surface area contributed by atoms with E-state index >= 15 is 0 Å². The molecular weight excluding hydrogens is 127 g/mol. The average molecular weight is 135 g/mol. The molecule has 0 amide bonds. The van der Waals surface area contributed by atoms with Gasteiger partial charge < -0.3 is 0 Å². The maximum Gasteiger partial charge on any atom is 0.695 e. The highest BCUT2D eigenvalue weighted by atomic mass is 31.1. The molecule has 8 heavy (non-hydrogen) atoms. The highest BCUT2D eigenvalue weighted by Crippen LogP contribution is 2.12. The lowest BCUT2D eigenvalue weighted by Crippen LogP contribution is -1.76. The minimum atomic E-state index is -2.41. The molecule has 3 nitrogen and oxygen atoms in total. The van der Waals surface area contributed by atoms with E-state index in [-0.39, 0.29) is 6.61 Å². The molecule has 0 aromatic heterocycles. The highest BCUT2D eigenvalue weighted by Gasteiger charge is 2.07. The lowest BCUT2D eigenvalue weighted by molar-refractivity contribution is 0.312. The number of allylic oxidation sites excluding steroid dienone is 1. The number of hydrogen-bond donors (Lipinski definition) is 1. The Balaban J connectivity index is 3.05. The van der Waals surface area contributed by atoms with E-state index in [1.54, 1.807) is 12.2 Å². The predicted molar refractivity (Wildman–Crippen MR) is 30.6 cm³/mol. The summed E-state index contributed by atoms with van der Waals surface area (Å²) in [5.74, 6) is 0. The van der Waals surface area contributed by atoms with E-state index in [0.717, 1.165) is 0 Å². The predicted octanol–water partition coefficient (Wildman–Crippen LogP) is 1.23. The lowest BCUT2D eigenvalue weighted by atomic mass is 10.6. The molecule has 0 rings (SSSR count).